The van der Waals surface area contributed by atoms with Crippen LogP contribution < -0.4 is 5.32 Å². The number of carbonyl (C=O) groups is 1. The summed E-state index contributed by atoms with van der Waals surface area (Å²) in [5, 5.41) is 2.68. The van der Waals surface area contributed by atoms with Crippen molar-refractivity contribution in [2.75, 3.05) is 20.8 Å². The molecule has 2 atom stereocenters. The fraction of sp³-hybridized carbons (Fsp3) is 0.611. The minimum atomic E-state index is -0.212. The second-order valence-corrected chi connectivity index (χ2v) is 6.20. The van der Waals surface area contributed by atoms with Crippen LogP contribution in [0.2, 0.25) is 0 Å². The number of ether oxygens (including phenoxy) is 3. The van der Waals surface area contributed by atoms with Gasteiger partial charge in [-0.3, -0.25) is 4.79 Å². The van der Waals surface area contributed by atoms with E-state index in [2.05, 4.69) is 5.32 Å². The van der Waals surface area contributed by atoms with Crippen LogP contribution in [0.1, 0.15) is 33.3 Å². The zero-order valence-electron chi connectivity index (χ0n) is 15.2. The smallest absolute Gasteiger partial charge is 0.207 e. The van der Waals surface area contributed by atoms with E-state index >= 15 is 0 Å². The number of nitrogens with one attached hydrogen (secondary N) is 1. The molecule has 1 rings (SSSR count). The molecule has 0 bridgehead atoms. The van der Waals surface area contributed by atoms with Gasteiger partial charge < -0.3 is 19.5 Å². The summed E-state index contributed by atoms with van der Waals surface area (Å²) in [5.74, 6) is 0. The topological polar surface area (TPSA) is 56.8 Å². The number of benzene rings is 1. The van der Waals surface area contributed by atoms with E-state index < -0.39 is 0 Å². The molecule has 0 heterocycles. The molecule has 0 fully saturated rings. The Morgan fingerprint density at radius 1 is 1.13 bits per heavy atom. The first-order valence-electron chi connectivity index (χ1n) is 7.73. The highest BCUT2D eigenvalue weighted by Crippen LogP contribution is 2.12. The van der Waals surface area contributed by atoms with Crippen LogP contribution in [0, 0.1) is 0 Å². The van der Waals surface area contributed by atoms with Gasteiger partial charge in [-0.05, 0) is 33.3 Å². The zero-order chi connectivity index (χ0) is 17.7. The standard InChI is InChI=1S/C10H21NO3.C8H10O/c1-8(14-10(2,3)4)9(6-13-5)11-7-12;1-9-7-8-5-3-2-4-6-8/h7-9H,6H2,1-5H3,(H,11,12);2-6H,7H2,1H3. The molecule has 0 saturated carbocycles. The largest absolute Gasteiger partial charge is 0.382 e. The number of amides is 1. The first kappa shape index (κ1) is 21.6. The summed E-state index contributed by atoms with van der Waals surface area (Å²) < 4.78 is 15.6. The van der Waals surface area contributed by atoms with E-state index in [1.165, 1.54) is 5.56 Å². The Hall–Kier alpha value is -1.43. The molecule has 23 heavy (non-hydrogen) atoms. The van der Waals surface area contributed by atoms with Crippen LogP contribution in [0.25, 0.3) is 0 Å². The molecule has 1 aromatic carbocycles. The average Bonchev–Trinajstić information content (AvgIpc) is 2.47. The summed E-state index contributed by atoms with van der Waals surface area (Å²) in [5.41, 5.74) is 1.01. The molecule has 1 aromatic rings. The lowest BCUT2D eigenvalue weighted by Gasteiger charge is -2.30. The van der Waals surface area contributed by atoms with Gasteiger partial charge >= 0.3 is 0 Å². The zero-order valence-corrected chi connectivity index (χ0v) is 15.2. The molecule has 5 heteroatoms. The number of rotatable bonds is 8. The van der Waals surface area contributed by atoms with Crippen LogP contribution >= 0.6 is 0 Å². The number of carbonyl (C=O) groups excluding carboxylic acids is 1. The van der Waals surface area contributed by atoms with E-state index in [4.69, 9.17) is 14.2 Å². The molecule has 1 N–H and O–H groups in total. The van der Waals surface area contributed by atoms with Crippen LogP contribution in [0.4, 0.5) is 0 Å². The summed E-state index contributed by atoms with van der Waals surface area (Å²) in [6.07, 6.45) is 0.604. The quantitative estimate of drug-likeness (QED) is 0.747. The van der Waals surface area contributed by atoms with Crippen LogP contribution in [-0.4, -0.2) is 45.0 Å². The van der Waals surface area contributed by atoms with Crippen molar-refractivity contribution in [2.24, 2.45) is 0 Å². The monoisotopic (exact) mass is 325 g/mol. The van der Waals surface area contributed by atoms with Crippen LogP contribution in [0.15, 0.2) is 30.3 Å². The Morgan fingerprint density at radius 2 is 1.74 bits per heavy atom. The first-order chi connectivity index (χ1) is 10.8. The Morgan fingerprint density at radius 3 is 2.17 bits per heavy atom. The van der Waals surface area contributed by atoms with Crippen molar-refractivity contribution >= 4 is 6.41 Å². The molecule has 0 radical (unpaired) electrons. The van der Waals surface area contributed by atoms with Crippen molar-refractivity contribution in [2.45, 2.75) is 52.0 Å². The minimum absolute atomic E-state index is 0.0693. The molecule has 1 amide bonds. The normalized spacial score (nSPS) is 13.5. The number of hydrogen-bond acceptors (Lipinski definition) is 4. The molecule has 0 aliphatic carbocycles. The third-order valence-electron chi connectivity index (χ3n) is 2.89. The van der Waals surface area contributed by atoms with Gasteiger partial charge in [0.05, 0.1) is 31.0 Å². The third-order valence-corrected chi connectivity index (χ3v) is 2.89. The van der Waals surface area contributed by atoms with Gasteiger partial charge in [-0.15, -0.1) is 0 Å². The van der Waals surface area contributed by atoms with Crippen LogP contribution in [0.5, 0.6) is 0 Å². The number of hydrogen-bond donors (Lipinski definition) is 1. The second kappa shape index (κ2) is 12.0. The molecule has 0 aliphatic heterocycles. The maximum Gasteiger partial charge on any atom is 0.207 e. The lowest BCUT2D eigenvalue weighted by atomic mass is 10.1. The highest BCUT2D eigenvalue weighted by atomic mass is 16.5. The van der Waals surface area contributed by atoms with Crippen molar-refractivity contribution < 1.29 is 19.0 Å². The molecular formula is C18H31NO4. The Balaban J connectivity index is 0.000000459. The number of methoxy groups -OCH3 is 2. The maximum atomic E-state index is 10.3. The Bertz CT molecular complexity index is 403. The fourth-order valence-electron chi connectivity index (χ4n) is 1.97. The van der Waals surface area contributed by atoms with Crippen molar-refractivity contribution in [1.29, 1.82) is 0 Å². The van der Waals surface area contributed by atoms with Gasteiger partial charge in [0, 0.05) is 14.2 Å². The second-order valence-electron chi connectivity index (χ2n) is 6.20. The average molecular weight is 325 g/mol. The predicted octanol–water partition coefficient (Wildman–Crippen LogP) is 2.78. The summed E-state index contributed by atoms with van der Waals surface area (Å²) in [7, 11) is 3.30. The Labute approximate surface area is 140 Å². The van der Waals surface area contributed by atoms with Crippen molar-refractivity contribution in [3.05, 3.63) is 35.9 Å². The van der Waals surface area contributed by atoms with E-state index in [1.54, 1.807) is 14.2 Å². The van der Waals surface area contributed by atoms with Gasteiger partial charge in [0.2, 0.25) is 6.41 Å². The molecule has 0 saturated heterocycles. The summed E-state index contributed by atoms with van der Waals surface area (Å²) in [6.45, 7) is 9.03. The molecule has 0 spiro atoms. The first-order valence-corrected chi connectivity index (χ1v) is 7.73. The molecule has 5 nitrogen and oxygen atoms in total. The van der Waals surface area contributed by atoms with E-state index in [9.17, 15) is 4.79 Å². The van der Waals surface area contributed by atoms with Gasteiger partial charge in [0.15, 0.2) is 0 Å². The van der Waals surface area contributed by atoms with Crippen molar-refractivity contribution in [3.63, 3.8) is 0 Å². The predicted molar refractivity (Wildman–Crippen MR) is 92.3 cm³/mol. The van der Waals surface area contributed by atoms with Gasteiger partial charge in [-0.2, -0.15) is 0 Å². The van der Waals surface area contributed by atoms with E-state index in [0.29, 0.717) is 19.6 Å². The molecule has 132 valence electrons. The van der Waals surface area contributed by atoms with Crippen LogP contribution in [0.3, 0.4) is 0 Å². The highest BCUT2D eigenvalue weighted by molar-refractivity contribution is 5.46. The lowest BCUT2D eigenvalue weighted by Crippen LogP contribution is -2.45. The summed E-state index contributed by atoms with van der Waals surface area (Å²) >= 11 is 0. The molecule has 0 aliphatic rings. The third kappa shape index (κ3) is 11.8. The van der Waals surface area contributed by atoms with Gasteiger partial charge in [0.25, 0.3) is 0 Å². The van der Waals surface area contributed by atoms with E-state index in [-0.39, 0.29) is 17.7 Å². The van der Waals surface area contributed by atoms with Gasteiger partial charge in [-0.25, -0.2) is 0 Å². The summed E-state index contributed by atoms with van der Waals surface area (Å²) in [4.78, 5) is 10.3. The van der Waals surface area contributed by atoms with E-state index in [1.807, 2.05) is 58.0 Å². The minimum Gasteiger partial charge on any atom is -0.382 e. The van der Waals surface area contributed by atoms with Crippen LogP contribution in [-0.2, 0) is 25.6 Å². The van der Waals surface area contributed by atoms with Gasteiger partial charge in [-0.1, -0.05) is 30.3 Å². The molecule has 2 unspecified atom stereocenters. The summed E-state index contributed by atoms with van der Waals surface area (Å²) in [6, 6.07) is 10.0. The fourth-order valence-corrected chi connectivity index (χ4v) is 1.97. The molecule has 0 aromatic heterocycles. The lowest BCUT2D eigenvalue weighted by molar-refractivity contribution is -0.114. The highest BCUT2D eigenvalue weighted by Gasteiger charge is 2.22. The Kier molecular flexibility index (Phi) is 11.3. The van der Waals surface area contributed by atoms with Crippen molar-refractivity contribution in [1.82, 2.24) is 5.32 Å². The maximum absolute atomic E-state index is 10.3. The molecular weight excluding hydrogens is 294 g/mol. The SMILES string of the molecule is COCC(NC=O)C(C)OC(C)(C)C.COCc1ccccc1. The van der Waals surface area contributed by atoms with Gasteiger partial charge in [0.1, 0.15) is 0 Å². The van der Waals surface area contributed by atoms with E-state index in [0.717, 1.165) is 0 Å². The van der Waals surface area contributed by atoms with Crippen molar-refractivity contribution in [3.8, 4) is 0 Å².